The Kier molecular flexibility index (Phi) is 3.92. The number of benzene rings is 2. The molecule has 0 unspecified atom stereocenters. The fourth-order valence-corrected chi connectivity index (χ4v) is 2.77. The molecule has 2 N–H and O–H groups in total. The summed E-state index contributed by atoms with van der Waals surface area (Å²) in [4.78, 5) is 0.904. The molecule has 0 aliphatic heterocycles. The molecule has 0 amide bonds. The molecule has 2 rings (SSSR count). The van der Waals surface area contributed by atoms with E-state index in [-0.39, 0.29) is 11.5 Å². The standard InChI is InChI=1S/C15H16FNS/c1-10-5-11(2)7-12(6-10)9-18-13-3-4-15(17)14(16)8-13/h3-8H,9,17H2,1-2H3. The van der Waals surface area contributed by atoms with Crippen molar-refractivity contribution in [2.24, 2.45) is 0 Å². The number of halogens is 1. The van der Waals surface area contributed by atoms with E-state index in [4.69, 9.17) is 5.73 Å². The van der Waals surface area contributed by atoms with Gasteiger partial charge in [0.2, 0.25) is 0 Å². The number of aryl methyl sites for hydroxylation is 2. The zero-order chi connectivity index (χ0) is 13.1. The quantitative estimate of drug-likeness (QED) is 0.658. The van der Waals surface area contributed by atoms with Crippen molar-refractivity contribution in [2.45, 2.75) is 24.5 Å². The van der Waals surface area contributed by atoms with Crippen LogP contribution < -0.4 is 5.73 Å². The van der Waals surface area contributed by atoms with E-state index >= 15 is 0 Å². The molecule has 0 spiro atoms. The number of hydrogen-bond acceptors (Lipinski definition) is 2. The predicted octanol–water partition coefficient (Wildman–Crippen LogP) is 4.32. The van der Waals surface area contributed by atoms with E-state index in [1.165, 1.54) is 22.8 Å². The second-order valence-electron chi connectivity index (χ2n) is 4.47. The van der Waals surface area contributed by atoms with E-state index in [9.17, 15) is 4.39 Å². The summed E-state index contributed by atoms with van der Waals surface area (Å²) in [6.45, 7) is 4.17. The van der Waals surface area contributed by atoms with Gasteiger partial charge in [-0.05, 0) is 37.6 Å². The monoisotopic (exact) mass is 261 g/mol. The Labute approximate surface area is 111 Å². The average Bonchev–Trinajstić information content (AvgIpc) is 2.29. The molecular weight excluding hydrogens is 245 g/mol. The number of hydrogen-bond donors (Lipinski definition) is 1. The molecular formula is C15H16FNS. The van der Waals surface area contributed by atoms with Gasteiger partial charge < -0.3 is 5.73 Å². The van der Waals surface area contributed by atoms with E-state index < -0.39 is 0 Å². The van der Waals surface area contributed by atoms with Crippen molar-refractivity contribution < 1.29 is 4.39 Å². The lowest BCUT2D eigenvalue weighted by Gasteiger charge is -2.06. The molecule has 18 heavy (non-hydrogen) atoms. The Bertz CT molecular complexity index is 546. The highest BCUT2D eigenvalue weighted by Crippen LogP contribution is 2.26. The fraction of sp³-hybridized carbons (Fsp3) is 0.200. The molecule has 1 nitrogen and oxygen atoms in total. The van der Waals surface area contributed by atoms with E-state index in [1.54, 1.807) is 17.8 Å². The summed E-state index contributed by atoms with van der Waals surface area (Å²) in [6, 6.07) is 11.4. The van der Waals surface area contributed by atoms with Crippen LogP contribution in [0.3, 0.4) is 0 Å². The van der Waals surface area contributed by atoms with Gasteiger partial charge in [0.1, 0.15) is 5.82 Å². The van der Waals surface area contributed by atoms with Crippen molar-refractivity contribution in [2.75, 3.05) is 5.73 Å². The predicted molar refractivity (Wildman–Crippen MR) is 76.3 cm³/mol. The first-order chi connectivity index (χ1) is 8.54. The van der Waals surface area contributed by atoms with Gasteiger partial charge in [-0.25, -0.2) is 4.39 Å². The Morgan fingerprint density at radius 2 is 1.72 bits per heavy atom. The highest BCUT2D eigenvalue weighted by molar-refractivity contribution is 7.98. The molecule has 0 heterocycles. The lowest BCUT2D eigenvalue weighted by atomic mass is 10.1. The topological polar surface area (TPSA) is 26.0 Å². The second kappa shape index (κ2) is 5.44. The molecule has 2 aromatic rings. The van der Waals surface area contributed by atoms with Gasteiger partial charge in [0.25, 0.3) is 0 Å². The maximum absolute atomic E-state index is 13.3. The maximum Gasteiger partial charge on any atom is 0.147 e. The number of nitrogen functional groups attached to an aromatic ring is 1. The lowest BCUT2D eigenvalue weighted by molar-refractivity contribution is 0.629. The number of anilines is 1. The van der Waals surface area contributed by atoms with Crippen molar-refractivity contribution >= 4 is 17.4 Å². The van der Waals surface area contributed by atoms with Crippen molar-refractivity contribution in [3.63, 3.8) is 0 Å². The smallest absolute Gasteiger partial charge is 0.147 e. The van der Waals surface area contributed by atoms with Crippen LogP contribution in [-0.2, 0) is 5.75 Å². The largest absolute Gasteiger partial charge is 0.396 e. The SMILES string of the molecule is Cc1cc(C)cc(CSc2ccc(N)c(F)c2)c1. The van der Waals surface area contributed by atoms with E-state index in [0.717, 1.165) is 10.6 Å². The number of nitrogens with two attached hydrogens (primary N) is 1. The Morgan fingerprint density at radius 1 is 1.06 bits per heavy atom. The minimum absolute atomic E-state index is 0.200. The molecule has 0 fully saturated rings. The first-order valence-electron chi connectivity index (χ1n) is 5.79. The molecule has 0 aliphatic carbocycles. The van der Waals surface area contributed by atoms with Crippen LogP contribution in [0.4, 0.5) is 10.1 Å². The molecule has 94 valence electrons. The van der Waals surface area contributed by atoms with Crippen LogP contribution in [0.25, 0.3) is 0 Å². The van der Waals surface area contributed by atoms with Crippen molar-refractivity contribution in [1.82, 2.24) is 0 Å². The van der Waals surface area contributed by atoms with Crippen molar-refractivity contribution in [3.8, 4) is 0 Å². The van der Waals surface area contributed by atoms with Crippen LogP contribution in [-0.4, -0.2) is 0 Å². The molecule has 0 aromatic heterocycles. The van der Waals surface area contributed by atoms with Gasteiger partial charge in [0, 0.05) is 10.6 Å². The van der Waals surface area contributed by atoms with Crippen molar-refractivity contribution in [1.29, 1.82) is 0 Å². The molecule has 3 heteroatoms. The molecule has 2 aromatic carbocycles. The van der Waals surface area contributed by atoms with Crippen LogP contribution in [0.15, 0.2) is 41.3 Å². The van der Waals surface area contributed by atoms with Crippen LogP contribution in [0.2, 0.25) is 0 Å². The Balaban J connectivity index is 2.08. The zero-order valence-corrected chi connectivity index (χ0v) is 11.4. The van der Waals surface area contributed by atoms with Gasteiger partial charge in [0.15, 0.2) is 0 Å². The van der Waals surface area contributed by atoms with Gasteiger partial charge in [-0.2, -0.15) is 0 Å². The third kappa shape index (κ3) is 3.26. The maximum atomic E-state index is 13.3. The summed E-state index contributed by atoms with van der Waals surface area (Å²) in [5, 5.41) is 0. The second-order valence-corrected chi connectivity index (χ2v) is 5.52. The average molecular weight is 261 g/mol. The van der Waals surface area contributed by atoms with E-state index in [2.05, 4.69) is 32.0 Å². The number of thioether (sulfide) groups is 1. The fourth-order valence-electron chi connectivity index (χ4n) is 1.92. The highest BCUT2D eigenvalue weighted by atomic mass is 32.2. The Hall–Kier alpha value is -1.48. The van der Waals surface area contributed by atoms with Crippen LogP contribution in [0.5, 0.6) is 0 Å². The zero-order valence-electron chi connectivity index (χ0n) is 10.5. The minimum atomic E-state index is -0.347. The summed E-state index contributed by atoms with van der Waals surface area (Å²) >= 11 is 1.62. The highest BCUT2D eigenvalue weighted by Gasteiger charge is 2.02. The van der Waals surface area contributed by atoms with Gasteiger partial charge in [-0.3, -0.25) is 0 Å². The summed E-state index contributed by atoms with van der Waals surface area (Å²) in [5.41, 5.74) is 9.43. The first-order valence-corrected chi connectivity index (χ1v) is 6.78. The van der Waals surface area contributed by atoms with Gasteiger partial charge in [0.05, 0.1) is 5.69 Å². The van der Waals surface area contributed by atoms with Crippen LogP contribution in [0, 0.1) is 19.7 Å². The van der Waals surface area contributed by atoms with Gasteiger partial charge in [-0.1, -0.05) is 29.3 Å². The third-order valence-corrected chi connectivity index (χ3v) is 3.72. The molecule has 0 saturated carbocycles. The van der Waals surface area contributed by atoms with Gasteiger partial charge in [-0.15, -0.1) is 11.8 Å². The van der Waals surface area contributed by atoms with Crippen LogP contribution in [0.1, 0.15) is 16.7 Å². The number of rotatable bonds is 3. The van der Waals surface area contributed by atoms with Crippen molar-refractivity contribution in [3.05, 3.63) is 58.9 Å². The molecule has 0 bridgehead atoms. The summed E-state index contributed by atoms with van der Waals surface area (Å²) in [7, 11) is 0. The summed E-state index contributed by atoms with van der Waals surface area (Å²) in [5.74, 6) is 0.492. The minimum Gasteiger partial charge on any atom is -0.396 e. The van der Waals surface area contributed by atoms with Gasteiger partial charge >= 0.3 is 0 Å². The van der Waals surface area contributed by atoms with E-state index in [1.807, 2.05) is 6.07 Å². The van der Waals surface area contributed by atoms with Crippen LogP contribution >= 0.6 is 11.8 Å². The molecule has 0 saturated heterocycles. The first kappa shape index (κ1) is 13.0. The molecule has 0 radical (unpaired) electrons. The van der Waals surface area contributed by atoms with E-state index in [0.29, 0.717) is 0 Å². The Morgan fingerprint density at radius 3 is 2.33 bits per heavy atom. The summed E-state index contributed by atoms with van der Waals surface area (Å²) < 4.78 is 13.3. The molecule has 0 atom stereocenters. The summed E-state index contributed by atoms with van der Waals surface area (Å²) in [6.07, 6.45) is 0. The molecule has 0 aliphatic rings. The lowest BCUT2D eigenvalue weighted by Crippen LogP contribution is -1.90. The third-order valence-electron chi connectivity index (χ3n) is 2.66. The normalized spacial score (nSPS) is 10.6.